The first-order chi connectivity index (χ1) is 11.2. The SMILES string of the molecule is N#Cc1ccc(N[S+]([O-])c2c[nH]cc2-c2ccccn2)c(F)c1. The maximum absolute atomic E-state index is 13.9. The number of hydrogen-bond acceptors (Lipinski definition) is 4. The fraction of sp³-hybridized carbons (Fsp3) is 0. The minimum atomic E-state index is -1.68. The van der Waals surface area contributed by atoms with Crippen molar-refractivity contribution in [3.63, 3.8) is 0 Å². The van der Waals surface area contributed by atoms with Crippen molar-refractivity contribution in [2.24, 2.45) is 0 Å². The van der Waals surface area contributed by atoms with Gasteiger partial charge in [-0.3, -0.25) is 4.98 Å². The van der Waals surface area contributed by atoms with Crippen molar-refractivity contribution in [2.75, 3.05) is 4.72 Å². The molecular weight excluding hydrogens is 315 g/mol. The summed E-state index contributed by atoms with van der Waals surface area (Å²) in [5, 5.41) is 8.74. The maximum atomic E-state index is 13.9. The number of nitrogens with one attached hydrogen (secondary N) is 2. The molecule has 3 rings (SSSR count). The molecule has 0 aliphatic rings. The second-order valence-electron chi connectivity index (χ2n) is 4.63. The summed E-state index contributed by atoms with van der Waals surface area (Å²) >= 11 is -1.68. The van der Waals surface area contributed by atoms with Gasteiger partial charge in [0, 0.05) is 12.4 Å². The summed E-state index contributed by atoms with van der Waals surface area (Å²) in [7, 11) is 0. The average Bonchev–Trinajstić information content (AvgIpc) is 3.07. The van der Waals surface area contributed by atoms with E-state index < -0.39 is 17.2 Å². The van der Waals surface area contributed by atoms with Crippen LogP contribution in [0, 0.1) is 17.1 Å². The first-order valence-corrected chi connectivity index (χ1v) is 7.80. The summed E-state index contributed by atoms with van der Waals surface area (Å²) in [5.41, 5.74) is 1.61. The summed E-state index contributed by atoms with van der Waals surface area (Å²) in [6, 6.07) is 11.2. The van der Waals surface area contributed by atoms with Gasteiger partial charge in [0.15, 0.2) is 5.82 Å². The standard InChI is InChI=1S/C16H11FN4OS/c17-13-7-11(8-18)4-5-15(13)21-23(22)16-10-19-9-12(16)14-3-1-2-6-20-14/h1-7,9-10,19,21H. The smallest absolute Gasteiger partial charge is 0.206 e. The van der Waals surface area contributed by atoms with Crippen molar-refractivity contribution < 1.29 is 8.94 Å². The molecule has 0 aliphatic heterocycles. The van der Waals surface area contributed by atoms with Crippen LogP contribution >= 0.6 is 0 Å². The van der Waals surface area contributed by atoms with E-state index >= 15 is 0 Å². The summed E-state index contributed by atoms with van der Waals surface area (Å²) in [4.78, 5) is 7.57. The molecular formula is C16H11FN4OS. The number of aromatic amines is 1. The number of H-pyrrole nitrogens is 1. The maximum Gasteiger partial charge on any atom is 0.206 e. The monoisotopic (exact) mass is 326 g/mol. The Bertz CT molecular complexity index is 860. The quantitative estimate of drug-likeness (QED) is 0.721. The predicted octanol–water partition coefficient (Wildman–Crippen LogP) is 3.22. The highest BCUT2D eigenvalue weighted by Crippen LogP contribution is 2.27. The Labute approximate surface area is 135 Å². The van der Waals surface area contributed by atoms with E-state index in [2.05, 4.69) is 14.7 Å². The molecule has 5 nitrogen and oxygen atoms in total. The van der Waals surface area contributed by atoms with Gasteiger partial charge < -0.3 is 9.54 Å². The second-order valence-corrected chi connectivity index (χ2v) is 5.81. The number of halogens is 1. The molecule has 114 valence electrons. The minimum Gasteiger partial charge on any atom is -0.588 e. The molecule has 1 aromatic carbocycles. The van der Waals surface area contributed by atoms with E-state index in [4.69, 9.17) is 5.26 Å². The predicted molar refractivity (Wildman–Crippen MR) is 85.2 cm³/mol. The summed E-state index contributed by atoms with van der Waals surface area (Å²) in [5.74, 6) is -0.632. The van der Waals surface area contributed by atoms with Gasteiger partial charge in [-0.2, -0.15) is 5.26 Å². The molecule has 0 fully saturated rings. The van der Waals surface area contributed by atoms with Crippen LogP contribution in [0.2, 0.25) is 0 Å². The molecule has 2 N–H and O–H groups in total. The number of aromatic nitrogens is 2. The number of hydrogen-bond donors (Lipinski definition) is 2. The van der Waals surface area contributed by atoms with Gasteiger partial charge in [-0.1, -0.05) is 6.07 Å². The molecule has 0 saturated heterocycles. The lowest BCUT2D eigenvalue weighted by Crippen LogP contribution is -2.14. The van der Waals surface area contributed by atoms with Crippen LogP contribution in [-0.2, 0) is 11.4 Å². The Morgan fingerprint density at radius 2 is 2.13 bits per heavy atom. The van der Waals surface area contributed by atoms with E-state index in [1.807, 2.05) is 12.1 Å². The lowest BCUT2D eigenvalue weighted by molar-refractivity contribution is 0.598. The summed E-state index contributed by atoms with van der Waals surface area (Å²) < 4.78 is 29.0. The molecule has 0 bridgehead atoms. The molecule has 7 heteroatoms. The van der Waals surface area contributed by atoms with Gasteiger partial charge in [-0.05, 0) is 30.3 Å². The molecule has 0 amide bonds. The molecule has 1 unspecified atom stereocenters. The van der Waals surface area contributed by atoms with Crippen LogP contribution in [0.5, 0.6) is 0 Å². The molecule has 0 radical (unpaired) electrons. The topological polar surface area (TPSA) is 87.6 Å². The number of rotatable bonds is 4. The van der Waals surface area contributed by atoms with Crippen molar-refractivity contribution in [1.82, 2.24) is 9.97 Å². The Kier molecular flexibility index (Phi) is 4.28. The van der Waals surface area contributed by atoms with Crippen molar-refractivity contribution >= 4 is 17.0 Å². The average molecular weight is 326 g/mol. The number of benzene rings is 1. The fourth-order valence-electron chi connectivity index (χ4n) is 2.05. The van der Waals surface area contributed by atoms with Crippen LogP contribution in [0.25, 0.3) is 11.3 Å². The molecule has 0 spiro atoms. The van der Waals surface area contributed by atoms with E-state index in [-0.39, 0.29) is 11.3 Å². The molecule has 0 saturated carbocycles. The molecule has 23 heavy (non-hydrogen) atoms. The largest absolute Gasteiger partial charge is 0.588 e. The molecule has 3 aromatic rings. The highest BCUT2D eigenvalue weighted by Gasteiger charge is 2.21. The van der Waals surface area contributed by atoms with E-state index in [1.165, 1.54) is 12.1 Å². The molecule has 0 aliphatic carbocycles. The third kappa shape index (κ3) is 3.18. The number of nitrogens with zero attached hydrogens (tertiary/aromatic N) is 2. The third-order valence-corrected chi connectivity index (χ3v) is 4.29. The van der Waals surface area contributed by atoms with Gasteiger partial charge in [0.1, 0.15) is 17.0 Å². The first kappa shape index (κ1) is 15.1. The Balaban J connectivity index is 1.87. The Morgan fingerprint density at radius 3 is 2.83 bits per heavy atom. The van der Waals surface area contributed by atoms with E-state index in [0.29, 0.717) is 16.2 Å². The van der Waals surface area contributed by atoms with Crippen molar-refractivity contribution in [2.45, 2.75) is 4.90 Å². The van der Waals surface area contributed by atoms with Gasteiger partial charge in [0.05, 0.1) is 29.1 Å². The Hall–Kier alpha value is -2.82. The van der Waals surface area contributed by atoms with E-state index in [0.717, 1.165) is 6.07 Å². The zero-order valence-corrected chi connectivity index (χ0v) is 12.6. The normalized spacial score (nSPS) is 11.7. The summed E-state index contributed by atoms with van der Waals surface area (Å²) in [6.07, 6.45) is 4.91. The van der Waals surface area contributed by atoms with Crippen LogP contribution in [0.1, 0.15) is 5.56 Å². The van der Waals surface area contributed by atoms with Gasteiger partial charge in [-0.25, -0.2) is 9.11 Å². The minimum absolute atomic E-state index is 0.0653. The van der Waals surface area contributed by atoms with Crippen LogP contribution in [0.3, 0.4) is 0 Å². The fourth-order valence-corrected chi connectivity index (χ4v) is 3.06. The van der Waals surface area contributed by atoms with Crippen molar-refractivity contribution in [3.05, 3.63) is 66.4 Å². The van der Waals surface area contributed by atoms with Crippen LogP contribution in [-0.4, -0.2) is 14.5 Å². The van der Waals surface area contributed by atoms with E-state index in [9.17, 15) is 8.94 Å². The van der Waals surface area contributed by atoms with Crippen molar-refractivity contribution in [3.8, 4) is 17.3 Å². The van der Waals surface area contributed by atoms with Gasteiger partial charge in [0.2, 0.25) is 4.90 Å². The third-order valence-electron chi connectivity index (χ3n) is 3.15. The summed E-state index contributed by atoms with van der Waals surface area (Å²) in [6.45, 7) is 0. The highest BCUT2D eigenvalue weighted by molar-refractivity contribution is 7.92. The van der Waals surface area contributed by atoms with Crippen LogP contribution < -0.4 is 4.72 Å². The van der Waals surface area contributed by atoms with Gasteiger partial charge >= 0.3 is 0 Å². The van der Waals surface area contributed by atoms with Crippen LogP contribution in [0.4, 0.5) is 10.1 Å². The second kappa shape index (κ2) is 6.52. The van der Waals surface area contributed by atoms with Crippen molar-refractivity contribution in [1.29, 1.82) is 5.26 Å². The molecule has 2 heterocycles. The zero-order valence-electron chi connectivity index (χ0n) is 11.8. The van der Waals surface area contributed by atoms with Gasteiger partial charge in [0.25, 0.3) is 0 Å². The Morgan fingerprint density at radius 1 is 1.26 bits per heavy atom. The highest BCUT2D eigenvalue weighted by atomic mass is 32.2. The molecule has 1 atom stereocenters. The lowest BCUT2D eigenvalue weighted by atomic mass is 10.2. The first-order valence-electron chi connectivity index (χ1n) is 6.65. The van der Waals surface area contributed by atoms with Gasteiger partial charge in [-0.15, -0.1) is 0 Å². The number of pyridine rings is 1. The number of nitriles is 1. The zero-order chi connectivity index (χ0) is 16.2. The number of anilines is 1. The van der Waals surface area contributed by atoms with E-state index in [1.54, 1.807) is 30.7 Å². The molecule has 2 aromatic heterocycles. The van der Waals surface area contributed by atoms with Crippen LogP contribution in [0.15, 0.2) is 59.9 Å². The lowest BCUT2D eigenvalue weighted by Gasteiger charge is -2.12.